The third-order valence-electron chi connectivity index (χ3n) is 3.22. The second-order valence-electron chi connectivity index (χ2n) is 5.22. The highest BCUT2D eigenvalue weighted by Gasteiger charge is 2.13. The lowest BCUT2D eigenvalue weighted by Gasteiger charge is -2.13. The smallest absolute Gasteiger partial charge is 0.272 e. The maximum Gasteiger partial charge on any atom is 0.272 e. The number of rotatable bonds is 7. The van der Waals surface area contributed by atoms with E-state index in [0.717, 1.165) is 5.56 Å². The number of carbonyl (C=O) groups is 1. The zero-order valence-electron chi connectivity index (χ0n) is 13.1. The molecule has 24 heavy (non-hydrogen) atoms. The monoisotopic (exact) mass is 336 g/mol. The van der Waals surface area contributed by atoms with Gasteiger partial charge in [-0.25, -0.2) is 8.78 Å². The van der Waals surface area contributed by atoms with E-state index >= 15 is 0 Å². The van der Waals surface area contributed by atoms with E-state index in [-0.39, 0.29) is 18.0 Å². The Morgan fingerprint density at radius 1 is 1.33 bits per heavy atom. The summed E-state index contributed by atoms with van der Waals surface area (Å²) in [7, 11) is 0. The fourth-order valence-corrected chi connectivity index (χ4v) is 2.06. The van der Waals surface area contributed by atoms with Gasteiger partial charge in [0.05, 0.1) is 6.10 Å². The van der Waals surface area contributed by atoms with Crippen LogP contribution in [0.1, 0.15) is 27.7 Å². The van der Waals surface area contributed by atoms with Crippen molar-refractivity contribution < 1.29 is 23.4 Å². The van der Waals surface area contributed by atoms with Gasteiger partial charge < -0.3 is 15.2 Å². The minimum absolute atomic E-state index is 0.00604. The number of carbonyl (C=O) groups excluding carboxylic acids is 1. The second kappa shape index (κ2) is 8.35. The standard InChI is InChI=1S/C17H18F2N2O3/c1-11-3-2-4-12(7-11)15(22)9-21-17(23)14-8-13(5-6-20-14)24-10-16(18)19/h2-8,15-16,22H,9-10H2,1H3,(H,21,23). The Kier molecular flexibility index (Phi) is 6.20. The van der Waals surface area contributed by atoms with E-state index in [0.29, 0.717) is 5.56 Å². The average Bonchev–Trinajstić information content (AvgIpc) is 2.57. The number of hydrogen-bond donors (Lipinski definition) is 2. The number of aryl methyl sites for hydroxylation is 1. The third-order valence-corrected chi connectivity index (χ3v) is 3.22. The summed E-state index contributed by atoms with van der Waals surface area (Å²) in [5, 5.41) is 12.7. The van der Waals surface area contributed by atoms with Crippen molar-refractivity contribution in [3.05, 3.63) is 59.4 Å². The topological polar surface area (TPSA) is 71.5 Å². The van der Waals surface area contributed by atoms with Gasteiger partial charge in [0.15, 0.2) is 0 Å². The highest BCUT2D eigenvalue weighted by atomic mass is 19.3. The van der Waals surface area contributed by atoms with Crippen LogP contribution in [0.15, 0.2) is 42.6 Å². The SMILES string of the molecule is Cc1cccc(C(O)CNC(=O)c2cc(OCC(F)F)ccn2)c1. The number of halogens is 2. The number of pyridine rings is 1. The molecule has 0 saturated carbocycles. The van der Waals surface area contributed by atoms with Crippen molar-refractivity contribution in [1.82, 2.24) is 10.3 Å². The second-order valence-corrected chi connectivity index (χ2v) is 5.22. The molecule has 1 atom stereocenters. The number of amides is 1. The highest BCUT2D eigenvalue weighted by Crippen LogP contribution is 2.15. The molecule has 1 aromatic carbocycles. The van der Waals surface area contributed by atoms with Gasteiger partial charge >= 0.3 is 0 Å². The minimum Gasteiger partial charge on any atom is -0.488 e. The molecule has 2 N–H and O–H groups in total. The van der Waals surface area contributed by atoms with E-state index in [1.54, 1.807) is 6.07 Å². The summed E-state index contributed by atoms with van der Waals surface area (Å²) >= 11 is 0. The fourth-order valence-electron chi connectivity index (χ4n) is 2.06. The van der Waals surface area contributed by atoms with E-state index in [9.17, 15) is 18.7 Å². The number of ether oxygens (including phenoxy) is 1. The van der Waals surface area contributed by atoms with E-state index < -0.39 is 25.0 Å². The first-order valence-corrected chi connectivity index (χ1v) is 7.35. The van der Waals surface area contributed by atoms with Gasteiger partial charge in [-0.1, -0.05) is 29.8 Å². The summed E-state index contributed by atoms with van der Waals surface area (Å²) in [6, 6.07) is 9.98. The van der Waals surface area contributed by atoms with Crippen LogP contribution in [-0.4, -0.2) is 35.6 Å². The highest BCUT2D eigenvalue weighted by molar-refractivity contribution is 5.92. The van der Waals surface area contributed by atoms with Gasteiger partial charge in [0.2, 0.25) is 0 Å². The molecule has 0 spiro atoms. The average molecular weight is 336 g/mol. The van der Waals surface area contributed by atoms with Gasteiger partial charge in [-0.2, -0.15) is 0 Å². The van der Waals surface area contributed by atoms with Crippen LogP contribution in [0.5, 0.6) is 5.75 Å². The molecule has 2 rings (SSSR count). The number of alkyl halides is 2. The first kappa shape index (κ1) is 17.8. The zero-order valence-corrected chi connectivity index (χ0v) is 13.1. The summed E-state index contributed by atoms with van der Waals surface area (Å²) < 4.78 is 29.1. The molecule has 128 valence electrons. The van der Waals surface area contributed by atoms with Crippen LogP contribution in [0.2, 0.25) is 0 Å². The predicted molar refractivity (Wildman–Crippen MR) is 84.2 cm³/mol. The molecule has 7 heteroatoms. The Labute approximate surface area is 138 Å². The Bertz CT molecular complexity index is 695. The molecule has 0 radical (unpaired) electrons. The molecule has 1 aromatic heterocycles. The molecular weight excluding hydrogens is 318 g/mol. The van der Waals surface area contributed by atoms with Crippen molar-refractivity contribution >= 4 is 5.91 Å². The van der Waals surface area contributed by atoms with Crippen molar-refractivity contribution in [3.8, 4) is 5.75 Å². The normalized spacial score (nSPS) is 12.0. The molecule has 1 amide bonds. The van der Waals surface area contributed by atoms with Crippen LogP contribution < -0.4 is 10.1 Å². The number of aromatic nitrogens is 1. The molecule has 2 aromatic rings. The van der Waals surface area contributed by atoms with Crippen LogP contribution in [0, 0.1) is 6.92 Å². The molecule has 0 aliphatic carbocycles. The fraction of sp³-hybridized carbons (Fsp3) is 0.294. The Morgan fingerprint density at radius 2 is 2.12 bits per heavy atom. The van der Waals surface area contributed by atoms with Crippen LogP contribution in [0.4, 0.5) is 8.78 Å². The lowest BCUT2D eigenvalue weighted by atomic mass is 10.1. The molecular formula is C17H18F2N2O3. The first-order chi connectivity index (χ1) is 11.5. The number of benzene rings is 1. The number of nitrogens with zero attached hydrogens (tertiary/aromatic N) is 1. The lowest BCUT2D eigenvalue weighted by molar-refractivity contribution is 0.0816. The zero-order chi connectivity index (χ0) is 17.5. The van der Waals surface area contributed by atoms with Crippen LogP contribution >= 0.6 is 0 Å². The lowest BCUT2D eigenvalue weighted by Crippen LogP contribution is -2.29. The number of nitrogens with one attached hydrogen (secondary N) is 1. The molecule has 0 aliphatic rings. The van der Waals surface area contributed by atoms with Gasteiger partial charge in [-0.05, 0) is 18.6 Å². The summed E-state index contributed by atoms with van der Waals surface area (Å²) in [4.78, 5) is 15.9. The van der Waals surface area contributed by atoms with E-state index in [1.807, 2.05) is 25.1 Å². The van der Waals surface area contributed by atoms with Gasteiger partial charge in [-0.3, -0.25) is 9.78 Å². The van der Waals surface area contributed by atoms with E-state index in [2.05, 4.69) is 10.3 Å². The molecule has 1 heterocycles. The Morgan fingerprint density at radius 3 is 2.83 bits per heavy atom. The van der Waals surface area contributed by atoms with Crippen LogP contribution in [0.25, 0.3) is 0 Å². The molecule has 1 unspecified atom stereocenters. The molecule has 0 fully saturated rings. The predicted octanol–water partition coefficient (Wildman–Crippen LogP) is 2.50. The quantitative estimate of drug-likeness (QED) is 0.815. The van der Waals surface area contributed by atoms with Crippen LogP contribution in [-0.2, 0) is 0 Å². The van der Waals surface area contributed by atoms with Crippen molar-refractivity contribution in [2.24, 2.45) is 0 Å². The third kappa shape index (κ3) is 5.27. The molecule has 0 aliphatic heterocycles. The molecule has 0 saturated heterocycles. The minimum atomic E-state index is -2.60. The number of aliphatic hydroxyl groups is 1. The molecule has 0 bridgehead atoms. The van der Waals surface area contributed by atoms with E-state index in [1.165, 1.54) is 18.3 Å². The van der Waals surface area contributed by atoms with Gasteiger partial charge in [-0.15, -0.1) is 0 Å². The largest absolute Gasteiger partial charge is 0.488 e. The van der Waals surface area contributed by atoms with Gasteiger partial charge in [0, 0.05) is 18.8 Å². The van der Waals surface area contributed by atoms with Gasteiger partial charge in [0.1, 0.15) is 18.1 Å². The number of hydrogen-bond acceptors (Lipinski definition) is 4. The summed E-state index contributed by atoms with van der Waals surface area (Å²) in [6.07, 6.45) is -2.15. The van der Waals surface area contributed by atoms with E-state index in [4.69, 9.17) is 4.74 Å². The Balaban J connectivity index is 1.93. The van der Waals surface area contributed by atoms with Crippen molar-refractivity contribution in [2.75, 3.05) is 13.2 Å². The first-order valence-electron chi connectivity index (χ1n) is 7.35. The number of aliphatic hydroxyl groups excluding tert-OH is 1. The Hall–Kier alpha value is -2.54. The maximum atomic E-state index is 12.1. The van der Waals surface area contributed by atoms with Gasteiger partial charge in [0.25, 0.3) is 12.3 Å². The summed E-state index contributed by atoms with van der Waals surface area (Å²) in [6.45, 7) is 1.16. The van der Waals surface area contributed by atoms with Crippen molar-refractivity contribution in [3.63, 3.8) is 0 Å². The summed E-state index contributed by atoms with van der Waals surface area (Å²) in [5.41, 5.74) is 1.72. The van der Waals surface area contributed by atoms with Crippen LogP contribution in [0.3, 0.4) is 0 Å². The molecule has 5 nitrogen and oxygen atoms in total. The summed E-state index contributed by atoms with van der Waals surface area (Å²) in [5.74, 6) is -0.390. The van der Waals surface area contributed by atoms with Crippen molar-refractivity contribution in [2.45, 2.75) is 19.5 Å². The van der Waals surface area contributed by atoms with Crippen molar-refractivity contribution in [1.29, 1.82) is 0 Å². The maximum absolute atomic E-state index is 12.1.